The molecule has 0 N–H and O–H groups in total. The highest BCUT2D eigenvalue weighted by molar-refractivity contribution is 4.58. The molecule has 0 heterocycles. The van der Waals surface area contributed by atoms with Gasteiger partial charge >= 0.3 is 0 Å². The van der Waals surface area contributed by atoms with E-state index in [0.717, 1.165) is 13.0 Å². The lowest BCUT2D eigenvalue weighted by atomic mass is 10.1. The summed E-state index contributed by atoms with van der Waals surface area (Å²) in [6, 6.07) is 0. The normalized spacial score (nSPS) is 14.5. The van der Waals surface area contributed by atoms with Crippen LogP contribution in [0.1, 0.15) is 27.2 Å². The highest BCUT2D eigenvalue weighted by Gasteiger charge is 2.12. The van der Waals surface area contributed by atoms with E-state index < -0.39 is 0 Å². The van der Waals surface area contributed by atoms with E-state index in [1.807, 2.05) is 0 Å². The van der Waals surface area contributed by atoms with Crippen LogP contribution in [0.3, 0.4) is 0 Å². The Morgan fingerprint density at radius 3 is 2.18 bits per heavy atom. The lowest BCUT2D eigenvalue weighted by Gasteiger charge is -2.26. The molecule has 68 valence electrons. The Bertz CT molecular complexity index is 93.6. The van der Waals surface area contributed by atoms with Crippen LogP contribution in [0.15, 0.2) is 0 Å². The summed E-state index contributed by atoms with van der Waals surface area (Å²) < 4.78 is 5.34. The third-order valence-corrected chi connectivity index (χ3v) is 1.94. The second-order valence-corrected chi connectivity index (χ2v) is 3.39. The molecule has 0 aromatic heterocycles. The molecular formula is C9H21NO. The molecule has 0 aromatic carbocycles. The van der Waals surface area contributed by atoms with Crippen LogP contribution < -0.4 is 0 Å². The maximum atomic E-state index is 5.34. The van der Waals surface area contributed by atoms with Gasteiger partial charge in [-0.2, -0.15) is 0 Å². The van der Waals surface area contributed by atoms with Crippen molar-refractivity contribution < 1.29 is 4.74 Å². The zero-order chi connectivity index (χ0) is 8.85. The van der Waals surface area contributed by atoms with Gasteiger partial charge in [-0.15, -0.1) is 0 Å². The Kier molecular flexibility index (Phi) is 5.51. The second kappa shape index (κ2) is 5.56. The van der Waals surface area contributed by atoms with Gasteiger partial charge in [0, 0.05) is 7.11 Å². The van der Waals surface area contributed by atoms with E-state index in [1.54, 1.807) is 7.11 Å². The summed E-state index contributed by atoms with van der Waals surface area (Å²) in [6.07, 6.45) is 1.40. The van der Waals surface area contributed by atoms with Gasteiger partial charge < -0.3 is 4.74 Å². The van der Waals surface area contributed by atoms with Gasteiger partial charge in [0.1, 0.15) is 6.23 Å². The van der Waals surface area contributed by atoms with Crippen LogP contribution in [0.2, 0.25) is 0 Å². The van der Waals surface area contributed by atoms with Gasteiger partial charge in [-0.25, -0.2) is 0 Å². The number of hydrogen-bond acceptors (Lipinski definition) is 2. The fraction of sp³-hybridized carbons (Fsp3) is 1.00. The molecule has 2 nitrogen and oxygen atoms in total. The predicted octanol–water partition coefficient (Wildman–Crippen LogP) is 1.96. The summed E-state index contributed by atoms with van der Waals surface area (Å²) >= 11 is 0. The quantitative estimate of drug-likeness (QED) is 0.569. The van der Waals surface area contributed by atoms with Crippen LogP contribution in [0.25, 0.3) is 0 Å². The van der Waals surface area contributed by atoms with Crippen molar-refractivity contribution in [1.82, 2.24) is 4.90 Å². The summed E-state index contributed by atoms with van der Waals surface area (Å²) in [5.41, 5.74) is 0. The molecule has 11 heavy (non-hydrogen) atoms. The van der Waals surface area contributed by atoms with Gasteiger partial charge in [0.05, 0.1) is 0 Å². The first-order chi connectivity index (χ1) is 5.11. The minimum atomic E-state index is 0.292. The lowest BCUT2D eigenvalue weighted by Crippen LogP contribution is -2.34. The van der Waals surface area contributed by atoms with Gasteiger partial charge in [-0.3, -0.25) is 4.90 Å². The predicted molar refractivity (Wildman–Crippen MR) is 48.6 cm³/mol. The molecule has 0 saturated heterocycles. The fourth-order valence-electron chi connectivity index (χ4n) is 1.06. The van der Waals surface area contributed by atoms with Gasteiger partial charge in [0.25, 0.3) is 0 Å². The zero-order valence-electron chi connectivity index (χ0n) is 8.42. The van der Waals surface area contributed by atoms with Crippen LogP contribution >= 0.6 is 0 Å². The summed E-state index contributed by atoms with van der Waals surface area (Å²) in [4.78, 5) is 2.22. The number of rotatable bonds is 5. The monoisotopic (exact) mass is 159 g/mol. The van der Waals surface area contributed by atoms with Crippen molar-refractivity contribution in [1.29, 1.82) is 0 Å². The van der Waals surface area contributed by atoms with Gasteiger partial charge in [-0.05, 0) is 25.9 Å². The van der Waals surface area contributed by atoms with Crippen LogP contribution in [0, 0.1) is 5.92 Å². The van der Waals surface area contributed by atoms with Crippen LogP contribution in [-0.4, -0.2) is 31.8 Å². The van der Waals surface area contributed by atoms with Crippen LogP contribution in [0.4, 0.5) is 0 Å². The van der Waals surface area contributed by atoms with E-state index in [2.05, 4.69) is 32.7 Å². The minimum absolute atomic E-state index is 0.292. The van der Waals surface area contributed by atoms with E-state index in [0.29, 0.717) is 12.1 Å². The maximum Gasteiger partial charge on any atom is 0.110 e. The summed E-state index contributed by atoms with van der Waals surface area (Å²) in [5.74, 6) is 0.703. The third-order valence-electron chi connectivity index (χ3n) is 1.94. The van der Waals surface area contributed by atoms with Crippen molar-refractivity contribution >= 4 is 0 Å². The van der Waals surface area contributed by atoms with Crippen molar-refractivity contribution in [3.05, 3.63) is 0 Å². The Labute approximate surface area is 70.5 Å². The summed E-state index contributed by atoms with van der Waals surface area (Å²) in [6.45, 7) is 7.63. The van der Waals surface area contributed by atoms with Crippen molar-refractivity contribution in [3.63, 3.8) is 0 Å². The van der Waals surface area contributed by atoms with E-state index in [-0.39, 0.29) is 0 Å². The van der Waals surface area contributed by atoms with Gasteiger partial charge in [0.2, 0.25) is 0 Å². The van der Waals surface area contributed by atoms with E-state index in [1.165, 1.54) is 0 Å². The molecule has 0 aliphatic heterocycles. The first kappa shape index (κ1) is 10.9. The topological polar surface area (TPSA) is 12.5 Å². The summed E-state index contributed by atoms with van der Waals surface area (Å²) in [5, 5.41) is 0. The Morgan fingerprint density at radius 1 is 1.36 bits per heavy atom. The Morgan fingerprint density at radius 2 is 1.91 bits per heavy atom. The highest BCUT2D eigenvalue weighted by Crippen LogP contribution is 2.09. The first-order valence-corrected chi connectivity index (χ1v) is 4.34. The van der Waals surface area contributed by atoms with Crippen molar-refractivity contribution in [2.24, 2.45) is 5.92 Å². The molecule has 1 atom stereocenters. The van der Waals surface area contributed by atoms with Crippen molar-refractivity contribution in [3.8, 4) is 0 Å². The molecule has 1 unspecified atom stereocenters. The molecule has 0 amide bonds. The molecule has 0 radical (unpaired) electrons. The third kappa shape index (κ3) is 4.38. The largest absolute Gasteiger partial charge is 0.366 e. The standard InChI is InChI=1S/C9H21NO/c1-6-10(4)9(11-5)7-8(2)3/h8-9H,6-7H2,1-5H3. The average molecular weight is 159 g/mol. The Balaban J connectivity index is 3.74. The maximum absolute atomic E-state index is 5.34. The zero-order valence-corrected chi connectivity index (χ0v) is 8.42. The molecule has 0 saturated carbocycles. The van der Waals surface area contributed by atoms with Gasteiger partial charge in [-0.1, -0.05) is 20.8 Å². The molecule has 0 spiro atoms. The molecule has 0 rings (SSSR count). The minimum Gasteiger partial charge on any atom is -0.366 e. The molecule has 0 aliphatic carbocycles. The molecule has 0 fully saturated rings. The molecule has 0 aromatic rings. The number of ether oxygens (including phenoxy) is 1. The van der Waals surface area contributed by atoms with Crippen LogP contribution in [0.5, 0.6) is 0 Å². The number of hydrogen-bond donors (Lipinski definition) is 0. The van der Waals surface area contributed by atoms with Crippen molar-refractivity contribution in [2.75, 3.05) is 20.7 Å². The highest BCUT2D eigenvalue weighted by atomic mass is 16.5. The smallest absolute Gasteiger partial charge is 0.110 e. The van der Waals surface area contributed by atoms with E-state index in [9.17, 15) is 0 Å². The number of methoxy groups -OCH3 is 1. The molecule has 0 bridgehead atoms. The summed E-state index contributed by atoms with van der Waals surface area (Å²) in [7, 11) is 3.87. The van der Waals surface area contributed by atoms with Crippen molar-refractivity contribution in [2.45, 2.75) is 33.4 Å². The van der Waals surface area contributed by atoms with Crippen LogP contribution in [-0.2, 0) is 4.74 Å². The number of nitrogens with zero attached hydrogens (tertiary/aromatic N) is 1. The van der Waals surface area contributed by atoms with E-state index >= 15 is 0 Å². The SMILES string of the molecule is CCN(C)C(CC(C)C)OC. The second-order valence-electron chi connectivity index (χ2n) is 3.39. The lowest BCUT2D eigenvalue weighted by molar-refractivity contribution is -0.0280. The molecular weight excluding hydrogens is 138 g/mol. The fourth-order valence-corrected chi connectivity index (χ4v) is 1.06. The molecule has 0 aliphatic rings. The molecule has 2 heteroatoms. The van der Waals surface area contributed by atoms with E-state index in [4.69, 9.17) is 4.74 Å². The van der Waals surface area contributed by atoms with Gasteiger partial charge in [0.15, 0.2) is 0 Å². The Hall–Kier alpha value is -0.0800. The average Bonchev–Trinajstić information content (AvgIpc) is 1.98. The first-order valence-electron chi connectivity index (χ1n) is 4.34.